The van der Waals surface area contributed by atoms with Crippen molar-refractivity contribution < 1.29 is 28.6 Å². The zero-order valence-electron chi connectivity index (χ0n) is 46.2. The standard InChI is InChI=1S/C62H118O6/c1-4-7-10-13-16-19-22-25-28-30-32-34-37-40-43-46-49-52-55-61(64)67-58-59(57-66-60(63)54-51-48-45-42-39-36-33-27-24-21-18-15-12-9-6-3)68-62(65)56-53-50-47-44-41-38-35-31-29-26-23-20-17-14-11-8-5-2/h21,24,59H,4-20,22-23,25-58H2,1-3H3/b24-21-. The fourth-order valence-electron chi connectivity index (χ4n) is 9.38. The molecule has 0 aromatic carbocycles. The van der Waals surface area contributed by atoms with Crippen LogP contribution in [0.3, 0.4) is 0 Å². The second kappa shape index (κ2) is 57.7. The van der Waals surface area contributed by atoms with Crippen molar-refractivity contribution in [2.45, 2.75) is 354 Å². The monoisotopic (exact) mass is 959 g/mol. The molecule has 0 aromatic heterocycles. The highest BCUT2D eigenvalue weighted by molar-refractivity contribution is 5.71. The lowest BCUT2D eigenvalue weighted by Gasteiger charge is -2.18. The SMILES string of the molecule is CCCCCC/C=C\CCCCCCCCCC(=O)OCC(COC(=O)CCCCCCCCCCCCCCCCCCCC)OC(=O)CCCCCCCCCCCCCCCCCCC. The molecular weight excluding hydrogens is 841 g/mol. The number of hydrogen-bond donors (Lipinski definition) is 0. The molecular formula is C62H118O6. The normalized spacial score (nSPS) is 12.0. The topological polar surface area (TPSA) is 78.9 Å². The highest BCUT2D eigenvalue weighted by atomic mass is 16.6. The van der Waals surface area contributed by atoms with Gasteiger partial charge in [-0.2, -0.15) is 0 Å². The molecule has 402 valence electrons. The maximum atomic E-state index is 12.9. The van der Waals surface area contributed by atoms with Gasteiger partial charge in [0.1, 0.15) is 13.2 Å². The summed E-state index contributed by atoms with van der Waals surface area (Å²) in [6.07, 6.45) is 66.3. The zero-order valence-corrected chi connectivity index (χ0v) is 46.2. The van der Waals surface area contributed by atoms with Crippen LogP contribution in [0.5, 0.6) is 0 Å². The maximum Gasteiger partial charge on any atom is 0.306 e. The van der Waals surface area contributed by atoms with Gasteiger partial charge in [0.2, 0.25) is 0 Å². The zero-order chi connectivity index (χ0) is 49.3. The average molecular weight is 960 g/mol. The summed E-state index contributed by atoms with van der Waals surface area (Å²) in [5, 5.41) is 0. The number of hydrogen-bond acceptors (Lipinski definition) is 6. The highest BCUT2D eigenvalue weighted by Gasteiger charge is 2.19. The summed E-state index contributed by atoms with van der Waals surface area (Å²) in [4.78, 5) is 38.2. The van der Waals surface area contributed by atoms with Gasteiger partial charge in [0.15, 0.2) is 6.10 Å². The van der Waals surface area contributed by atoms with Gasteiger partial charge in [-0.15, -0.1) is 0 Å². The van der Waals surface area contributed by atoms with Gasteiger partial charge in [-0.05, 0) is 44.9 Å². The van der Waals surface area contributed by atoms with E-state index in [1.165, 1.54) is 250 Å². The van der Waals surface area contributed by atoms with Gasteiger partial charge >= 0.3 is 17.9 Å². The molecule has 1 atom stereocenters. The van der Waals surface area contributed by atoms with E-state index in [0.717, 1.165) is 57.8 Å². The minimum atomic E-state index is -0.766. The molecule has 6 heteroatoms. The smallest absolute Gasteiger partial charge is 0.306 e. The summed E-state index contributed by atoms with van der Waals surface area (Å²) >= 11 is 0. The van der Waals surface area contributed by atoms with E-state index >= 15 is 0 Å². The molecule has 0 saturated carbocycles. The van der Waals surface area contributed by atoms with Gasteiger partial charge in [-0.25, -0.2) is 0 Å². The summed E-state index contributed by atoms with van der Waals surface area (Å²) in [5.74, 6) is -0.841. The molecule has 0 radical (unpaired) electrons. The Balaban J connectivity index is 4.30. The van der Waals surface area contributed by atoms with Crippen molar-refractivity contribution in [2.75, 3.05) is 13.2 Å². The van der Waals surface area contributed by atoms with Gasteiger partial charge in [-0.3, -0.25) is 14.4 Å². The van der Waals surface area contributed by atoms with E-state index < -0.39 is 6.10 Å². The van der Waals surface area contributed by atoms with Gasteiger partial charge in [0.25, 0.3) is 0 Å². The molecule has 0 aliphatic rings. The van der Waals surface area contributed by atoms with Crippen molar-refractivity contribution in [3.63, 3.8) is 0 Å². The van der Waals surface area contributed by atoms with Crippen LogP contribution in [0.4, 0.5) is 0 Å². The third kappa shape index (κ3) is 55.1. The summed E-state index contributed by atoms with van der Waals surface area (Å²) in [6, 6.07) is 0. The lowest BCUT2D eigenvalue weighted by Crippen LogP contribution is -2.30. The van der Waals surface area contributed by atoms with E-state index in [-0.39, 0.29) is 31.1 Å². The summed E-state index contributed by atoms with van der Waals surface area (Å²) in [6.45, 7) is 6.70. The lowest BCUT2D eigenvalue weighted by atomic mass is 10.0. The van der Waals surface area contributed by atoms with E-state index in [1.54, 1.807) is 0 Å². The first-order valence-corrected chi connectivity index (χ1v) is 30.7. The Kier molecular flexibility index (Phi) is 56.2. The van der Waals surface area contributed by atoms with Crippen LogP contribution in [-0.2, 0) is 28.6 Å². The van der Waals surface area contributed by atoms with E-state index in [1.807, 2.05) is 0 Å². The summed E-state index contributed by atoms with van der Waals surface area (Å²) in [7, 11) is 0. The Morgan fingerprint density at radius 2 is 0.485 bits per heavy atom. The minimum absolute atomic E-state index is 0.0648. The average Bonchev–Trinajstić information content (AvgIpc) is 3.34. The van der Waals surface area contributed by atoms with E-state index in [9.17, 15) is 14.4 Å². The molecule has 0 aromatic rings. The molecule has 0 aliphatic heterocycles. The van der Waals surface area contributed by atoms with Crippen molar-refractivity contribution in [3.8, 4) is 0 Å². The predicted octanol–water partition coefficient (Wildman–Crippen LogP) is 20.5. The number of unbranched alkanes of at least 4 members (excludes halogenated alkanes) is 44. The fraction of sp³-hybridized carbons (Fsp3) is 0.919. The number of ether oxygens (including phenoxy) is 3. The molecule has 0 saturated heterocycles. The van der Waals surface area contributed by atoms with Crippen molar-refractivity contribution in [1.29, 1.82) is 0 Å². The van der Waals surface area contributed by atoms with Crippen LogP contribution >= 0.6 is 0 Å². The predicted molar refractivity (Wildman–Crippen MR) is 293 cm³/mol. The Hall–Kier alpha value is -1.85. The lowest BCUT2D eigenvalue weighted by molar-refractivity contribution is -0.167. The Bertz CT molecular complexity index is 1060. The van der Waals surface area contributed by atoms with E-state index in [4.69, 9.17) is 14.2 Å². The first kappa shape index (κ1) is 66.2. The van der Waals surface area contributed by atoms with E-state index in [0.29, 0.717) is 19.3 Å². The molecule has 0 spiro atoms. The number of allylic oxidation sites excluding steroid dienone is 2. The Labute approximate surface area is 424 Å². The third-order valence-electron chi connectivity index (χ3n) is 14.0. The van der Waals surface area contributed by atoms with Crippen molar-refractivity contribution >= 4 is 17.9 Å². The van der Waals surface area contributed by atoms with E-state index in [2.05, 4.69) is 32.9 Å². The number of esters is 3. The maximum absolute atomic E-state index is 12.9. The van der Waals surface area contributed by atoms with Crippen molar-refractivity contribution in [3.05, 3.63) is 12.2 Å². The van der Waals surface area contributed by atoms with Gasteiger partial charge < -0.3 is 14.2 Å². The molecule has 0 rings (SSSR count). The van der Waals surface area contributed by atoms with Crippen molar-refractivity contribution in [2.24, 2.45) is 0 Å². The van der Waals surface area contributed by atoms with Gasteiger partial charge in [-0.1, -0.05) is 296 Å². The van der Waals surface area contributed by atoms with Crippen LogP contribution in [0.15, 0.2) is 12.2 Å². The molecule has 0 bridgehead atoms. The molecule has 0 aliphatic carbocycles. The first-order valence-electron chi connectivity index (χ1n) is 30.7. The number of carbonyl (C=O) groups is 3. The van der Waals surface area contributed by atoms with Gasteiger partial charge in [0.05, 0.1) is 0 Å². The number of rotatable bonds is 57. The number of carbonyl (C=O) groups excluding carboxylic acids is 3. The van der Waals surface area contributed by atoms with Gasteiger partial charge in [0, 0.05) is 19.3 Å². The molecule has 6 nitrogen and oxygen atoms in total. The molecule has 1 unspecified atom stereocenters. The molecule has 0 heterocycles. The second-order valence-corrected chi connectivity index (χ2v) is 21.0. The largest absolute Gasteiger partial charge is 0.462 e. The molecule has 0 amide bonds. The summed E-state index contributed by atoms with van der Waals surface area (Å²) in [5.41, 5.74) is 0. The minimum Gasteiger partial charge on any atom is -0.462 e. The van der Waals surface area contributed by atoms with Crippen LogP contribution in [-0.4, -0.2) is 37.2 Å². The Morgan fingerprint density at radius 3 is 0.750 bits per heavy atom. The quantitative estimate of drug-likeness (QED) is 0.0262. The van der Waals surface area contributed by atoms with Crippen LogP contribution in [0.1, 0.15) is 348 Å². The molecule has 0 fully saturated rings. The molecule has 68 heavy (non-hydrogen) atoms. The van der Waals surface area contributed by atoms with Crippen LogP contribution < -0.4 is 0 Å². The van der Waals surface area contributed by atoms with Crippen molar-refractivity contribution in [1.82, 2.24) is 0 Å². The fourth-order valence-corrected chi connectivity index (χ4v) is 9.38. The third-order valence-corrected chi connectivity index (χ3v) is 14.0. The molecule has 0 N–H and O–H groups in total. The van der Waals surface area contributed by atoms with Crippen LogP contribution in [0.25, 0.3) is 0 Å². The summed E-state index contributed by atoms with van der Waals surface area (Å²) < 4.78 is 16.9. The van der Waals surface area contributed by atoms with Crippen LogP contribution in [0.2, 0.25) is 0 Å². The Morgan fingerprint density at radius 1 is 0.279 bits per heavy atom. The highest BCUT2D eigenvalue weighted by Crippen LogP contribution is 2.18. The first-order chi connectivity index (χ1) is 33.5. The second-order valence-electron chi connectivity index (χ2n) is 21.0. The van der Waals surface area contributed by atoms with Crippen LogP contribution in [0, 0.1) is 0 Å².